The molecule has 1 unspecified atom stereocenters. The molecule has 2 aromatic rings. The zero-order valence-electron chi connectivity index (χ0n) is 14.1. The molecule has 0 bridgehead atoms. The van der Waals surface area contributed by atoms with Gasteiger partial charge in [0.2, 0.25) is 0 Å². The largest absolute Gasteiger partial charge is 0.481 e. The first-order chi connectivity index (χ1) is 11.5. The highest BCUT2D eigenvalue weighted by molar-refractivity contribution is 5.62. The summed E-state index contributed by atoms with van der Waals surface area (Å²) < 4.78 is 5.61. The third-order valence-electron chi connectivity index (χ3n) is 2.49. The second kappa shape index (κ2) is 14.4. The van der Waals surface area contributed by atoms with Crippen LogP contribution in [0.15, 0.2) is 60.7 Å². The van der Waals surface area contributed by atoms with Gasteiger partial charge in [0.15, 0.2) is 0 Å². The smallest absolute Gasteiger partial charge is 0.300 e. The summed E-state index contributed by atoms with van der Waals surface area (Å²) in [7, 11) is 0. The summed E-state index contributed by atoms with van der Waals surface area (Å²) in [5.74, 6) is -0.833. The van der Waals surface area contributed by atoms with Crippen LogP contribution < -0.4 is 0 Å². The number of ether oxygens (including phenoxy) is 1. The molecule has 0 saturated heterocycles. The normalized spacial score (nSPS) is 10.5. The molecule has 2 rings (SSSR count). The summed E-state index contributed by atoms with van der Waals surface area (Å²) in [5.41, 5.74) is 2.43. The van der Waals surface area contributed by atoms with Crippen LogP contribution in [0, 0.1) is 0 Å². The quantitative estimate of drug-likeness (QED) is 0.783. The van der Waals surface area contributed by atoms with Gasteiger partial charge in [0.25, 0.3) is 5.97 Å². The molecule has 0 aliphatic rings. The minimum absolute atomic E-state index is 0.139. The predicted molar refractivity (Wildman–Crippen MR) is 93.5 cm³/mol. The van der Waals surface area contributed by atoms with E-state index in [1.807, 2.05) is 36.4 Å². The SMILES string of the molecule is CC(=O)O.CC(O)CO.c1ccc(COCc2ccccc2)cc1. The highest BCUT2D eigenvalue weighted by Crippen LogP contribution is 2.05. The summed E-state index contributed by atoms with van der Waals surface area (Å²) in [6.45, 7) is 3.82. The van der Waals surface area contributed by atoms with Gasteiger partial charge in [-0.2, -0.15) is 0 Å². The Balaban J connectivity index is 0.000000492. The molecule has 0 heterocycles. The number of hydrogen-bond acceptors (Lipinski definition) is 4. The van der Waals surface area contributed by atoms with E-state index in [4.69, 9.17) is 24.9 Å². The van der Waals surface area contributed by atoms with Gasteiger partial charge in [-0.25, -0.2) is 0 Å². The highest BCUT2D eigenvalue weighted by atomic mass is 16.5. The van der Waals surface area contributed by atoms with Crippen molar-refractivity contribution in [2.45, 2.75) is 33.2 Å². The van der Waals surface area contributed by atoms with Crippen LogP contribution in [-0.4, -0.2) is 34.0 Å². The van der Waals surface area contributed by atoms with E-state index in [0.29, 0.717) is 13.2 Å². The molecular formula is C19H26O5. The molecule has 0 spiro atoms. The minimum Gasteiger partial charge on any atom is -0.481 e. The lowest BCUT2D eigenvalue weighted by molar-refractivity contribution is -0.134. The van der Waals surface area contributed by atoms with Crippen molar-refractivity contribution in [1.29, 1.82) is 0 Å². The van der Waals surface area contributed by atoms with Gasteiger partial charge in [0.1, 0.15) is 0 Å². The average molecular weight is 334 g/mol. The van der Waals surface area contributed by atoms with Crippen molar-refractivity contribution in [3.63, 3.8) is 0 Å². The van der Waals surface area contributed by atoms with Crippen molar-refractivity contribution in [2.75, 3.05) is 6.61 Å². The summed E-state index contributed by atoms with van der Waals surface area (Å²) in [5, 5.41) is 23.4. The van der Waals surface area contributed by atoms with Crippen molar-refractivity contribution in [2.24, 2.45) is 0 Å². The van der Waals surface area contributed by atoms with Crippen LogP contribution in [0.3, 0.4) is 0 Å². The Morgan fingerprint density at radius 1 is 0.958 bits per heavy atom. The third kappa shape index (κ3) is 14.7. The van der Waals surface area contributed by atoms with E-state index in [1.165, 1.54) is 18.1 Å². The molecule has 5 heteroatoms. The summed E-state index contributed by atoms with van der Waals surface area (Å²) in [6.07, 6.45) is -0.560. The Hall–Kier alpha value is -2.21. The molecular weight excluding hydrogens is 308 g/mol. The van der Waals surface area contributed by atoms with Crippen LogP contribution in [0.25, 0.3) is 0 Å². The second-order valence-electron chi connectivity index (χ2n) is 5.01. The molecule has 132 valence electrons. The number of aliphatic carboxylic acids is 1. The first-order valence-electron chi connectivity index (χ1n) is 7.59. The summed E-state index contributed by atoms with van der Waals surface area (Å²) in [6, 6.07) is 20.4. The molecule has 0 aliphatic heterocycles. The maximum Gasteiger partial charge on any atom is 0.300 e. The number of benzene rings is 2. The monoisotopic (exact) mass is 334 g/mol. The molecule has 1 atom stereocenters. The molecule has 24 heavy (non-hydrogen) atoms. The van der Waals surface area contributed by atoms with Crippen molar-refractivity contribution in [3.05, 3.63) is 71.8 Å². The Bertz CT molecular complexity index is 482. The Labute approximate surface area is 143 Å². The number of carbonyl (C=O) groups is 1. The van der Waals surface area contributed by atoms with Gasteiger partial charge in [-0.1, -0.05) is 60.7 Å². The maximum absolute atomic E-state index is 9.00. The summed E-state index contributed by atoms with van der Waals surface area (Å²) >= 11 is 0. The van der Waals surface area contributed by atoms with Gasteiger partial charge in [-0.3, -0.25) is 4.79 Å². The van der Waals surface area contributed by atoms with Crippen LogP contribution in [0.4, 0.5) is 0 Å². The first kappa shape index (κ1) is 21.8. The molecule has 0 radical (unpaired) electrons. The lowest BCUT2D eigenvalue weighted by Crippen LogP contribution is -2.03. The van der Waals surface area contributed by atoms with E-state index < -0.39 is 12.1 Å². The Morgan fingerprint density at radius 3 is 1.50 bits per heavy atom. The molecule has 2 aromatic carbocycles. The lowest BCUT2D eigenvalue weighted by Gasteiger charge is -2.03. The summed E-state index contributed by atoms with van der Waals surface area (Å²) in [4.78, 5) is 9.00. The van der Waals surface area contributed by atoms with E-state index in [2.05, 4.69) is 24.3 Å². The van der Waals surface area contributed by atoms with E-state index in [-0.39, 0.29) is 6.61 Å². The zero-order valence-corrected chi connectivity index (χ0v) is 14.1. The standard InChI is InChI=1S/C14H14O.C3H8O2.C2H4O2/c1-3-7-13(8-4-1)11-15-12-14-9-5-2-6-10-14;1-3(5)2-4;1-2(3)4/h1-10H,11-12H2;3-5H,2H2,1H3;1H3,(H,3,4). The molecule has 0 aromatic heterocycles. The molecule has 0 saturated carbocycles. The van der Waals surface area contributed by atoms with Crippen LogP contribution >= 0.6 is 0 Å². The zero-order chi connectivity index (χ0) is 18.2. The van der Waals surface area contributed by atoms with Crippen LogP contribution in [0.1, 0.15) is 25.0 Å². The van der Waals surface area contributed by atoms with E-state index in [0.717, 1.165) is 6.92 Å². The molecule has 0 amide bonds. The highest BCUT2D eigenvalue weighted by Gasteiger charge is 1.93. The van der Waals surface area contributed by atoms with Gasteiger partial charge in [0.05, 0.1) is 25.9 Å². The number of aliphatic hydroxyl groups excluding tert-OH is 2. The minimum atomic E-state index is -0.833. The number of carboxylic acid groups (broad SMARTS) is 1. The molecule has 5 nitrogen and oxygen atoms in total. The number of hydrogen-bond donors (Lipinski definition) is 3. The van der Waals surface area contributed by atoms with Crippen molar-refractivity contribution in [1.82, 2.24) is 0 Å². The number of aliphatic hydroxyl groups is 2. The molecule has 0 fully saturated rings. The average Bonchev–Trinajstić information content (AvgIpc) is 2.57. The first-order valence-corrected chi connectivity index (χ1v) is 7.59. The molecule has 3 N–H and O–H groups in total. The molecule has 0 aliphatic carbocycles. The van der Waals surface area contributed by atoms with Gasteiger partial charge in [0, 0.05) is 6.92 Å². The van der Waals surface area contributed by atoms with Crippen LogP contribution in [0.5, 0.6) is 0 Å². The topological polar surface area (TPSA) is 87.0 Å². The fraction of sp³-hybridized carbons (Fsp3) is 0.316. The lowest BCUT2D eigenvalue weighted by atomic mass is 10.2. The third-order valence-corrected chi connectivity index (χ3v) is 2.49. The Kier molecular flexibility index (Phi) is 13.1. The van der Waals surface area contributed by atoms with Crippen LogP contribution in [-0.2, 0) is 22.7 Å². The fourth-order valence-electron chi connectivity index (χ4n) is 1.44. The van der Waals surface area contributed by atoms with Crippen molar-refractivity contribution >= 4 is 5.97 Å². The van der Waals surface area contributed by atoms with Gasteiger partial charge < -0.3 is 20.1 Å². The van der Waals surface area contributed by atoms with Crippen molar-refractivity contribution in [3.8, 4) is 0 Å². The predicted octanol–water partition coefficient (Wildman–Crippen LogP) is 2.85. The second-order valence-corrected chi connectivity index (χ2v) is 5.01. The van der Waals surface area contributed by atoms with Gasteiger partial charge in [-0.05, 0) is 18.1 Å². The van der Waals surface area contributed by atoms with Gasteiger partial charge in [-0.15, -0.1) is 0 Å². The fourth-order valence-corrected chi connectivity index (χ4v) is 1.44. The van der Waals surface area contributed by atoms with E-state index in [9.17, 15) is 0 Å². The maximum atomic E-state index is 9.00. The van der Waals surface area contributed by atoms with E-state index >= 15 is 0 Å². The van der Waals surface area contributed by atoms with Crippen molar-refractivity contribution < 1.29 is 24.9 Å². The van der Waals surface area contributed by atoms with Gasteiger partial charge >= 0.3 is 0 Å². The van der Waals surface area contributed by atoms with Crippen LogP contribution in [0.2, 0.25) is 0 Å². The van der Waals surface area contributed by atoms with E-state index in [1.54, 1.807) is 0 Å². The number of rotatable bonds is 5. The number of carboxylic acids is 1. The Morgan fingerprint density at radius 2 is 1.25 bits per heavy atom.